The Morgan fingerprint density at radius 1 is 1.28 bits per heavy atom. The molecule has 0 spiro atoms. The fourth-order valence-corrected chi connectivity index (χ4v) is 4.62. The average Bonchev–Trinajstić information content (AvgIpc) is 2.62. The molecule has 0 aromatic heterocycles. The van der Waals surface area contributed by atoms with Crippen molar-refractivity contribution in [3.8, 4) is 5.75 Å². The number of halogens is 1. The first-order valence-electron chi connectivity index (χ1n) is 8.54. The van der Waals surface area contributed by atoms with Crippen molar-refractivity contribution in [3.63, 3.8) is 0 Å². The van der Waals surface area contributed by atoms with Gasteiger partial charge in [0.15, 0.2) is 0 Å². The fraction of sp³-hybridized carbons (Fsp3) is 0.350. The van der Waals surface area contributed by atoms with Gasteiger partial charge in [0.2, 0.25) is 5.78 Å². The number of benzene rings is 2. The van der Waals surface area contributed by atoms with Crippen LogP contribution >= 0.6 is 15.9 Å². The Morgan fingerprint density at radius 3 is 2.72 bits per heavy atom. The first-order chi connectivity index (χ1) is 12.0. The van der Waals surface area contributed by atoms with Gasteiger partial charge in [0, 0.05) is 34.0 Å². The molecule has 0 amide bonds. The standard InChI is InChI=1S/C20H21BrNO3/c1-25-15-6-7-18-17(10-15)16-8-9-22(18,12-20(16)24)11-19(23)13-2-4-14(21)5-3-13/h2-7,10,16,20,24H,8-9,11-12H2,1H3/q+1. The van der Waals surface area contributed by atoms with Crippen molar-refractivity contribution in [1.29, 1.82) is 0 Å². The van der Waals surface area contributed by atoms with E-state index in [4.69, 9.17) is 4.74 Å². The van der Waals surface area contributed by atoms with Crippen LogP contribution in [0.1, 0.15) is 28.3 Å². The number of hydrogen-bond acceptors (Lipinski definition) is 3. The second-order valence-electron chi connectivity index (χ2n) is 7.03. The number of aliphatic hydroxyl groups is 1. The number of methoxy groups -OCH3 is 1. The van der Waals surface area contributed by atoms with E-state index in [2.05, 4.69) is 22.0 Å². The lowest BCUT2D eigenvalue weighted by Gasteiger charge is -2.51. The molecule has 2 aromatic rings. The quantitative estimate of drug-likeness (QED) is 0.628. The highest BCUT2D eigenvalue weighted by Gasteiger charge is 2.50. The lowest BCUT2D eigenvalue weighted by Crippen LogP contribution is -2.64. The van der Waals surface area contributed by atoms with Gasteiger partial charge in [0.05, 0.1) is 13.7 Å². The molecule has 1 saturated heterocycles. The maximum atomic E-state index is 12.9. The minimum atomic E-state index is -0.411. The van der Waals surface area contributed by atoms with Crippen LogP contribution in [0, 0.1) is 0 Å². The molecular weight excluding hydrogens is 382 g/mol. The number of ether oxygens (including phenoxy) is 1. The van der Waals surface area contributed by atoms with Crippen LogP contribution < -0.4 is 9.22 Å². The number of carbonyl (C=O) groups excluding carboxylic acids is 1. The zero-order chi connectivity index (χ0) is 17.6. The number of hydrogen-bond donors (Lipinski definition) is 1. The number of rotatable bonds is 4. The molecule has 3 heterocycles. The molecule has 3 aliphatic rings. The summed E-state index contributed by atoms with van der Waals surface area (Å²) in [6.07, 6.45) is 0.487. The Bertz CT molecular complexity index is 820. The van der Waals surface area contributed by atoms with Crippen molar-refractivity contribution in [3.05, 3.63) is 58.1 Å². The number of nitrogens with zero attached hydrogens (tertiary/aromatic N) is 1. The summed E-state index contributed by atoms with van der Waals surface area (Å²) < 4.78 is 6.85. The fourth-order valence-electron chi connectivity index (χ4n) is 4.36. The number of carbonyl (C=O) groups is 1. The number of Topliss-reactive ketones (excluding diaryl/α,β-unsaturated/α-hetero) is 1. The number of ketones is 1. The van der Waals surface area contributed by atoms with Gasteiger partial charge in [-0.1, -0.05) is 28.1 Å². The lowest BCUT2D eigenvalue weighted by atomic mass is 9.78. The Kier molecular flexibility index (Phi) is 4.18. The first kappa shape index (κ1) is 16.8. The molecule has 3 atom stereocenters. The first-order valence-corrected chi connectivity index (χ1v) is 9.33. The van der Waals surface area contributed by atoms with Crippen LogP contribution in [0.3, 0.4) is 0 Å². The highest BCUT2D eigenvalue weighted by Crippen LogP contribution is 2.48. The zero-order valence-electron chi connectivity index (χ0n) is 14.1. The molecule has 130 valence electrons. The lowest BCUT2D eigenvalue weighted by molar-refractivity contribution is 0.0371. The van der Waals surface area contributed by atoms with E-state index in [1.54, 1.807) is 7.11 Å². The van der Waals surface area contributed by atoms with Crippen molar-refractivity contribution < 1.29 is 14.6 Å². The third-order valence-corrected chi connectivity index (χ3v) is 6.16. The summed E-state index contributed by atoms with van der Waals surface area (Å²) in [7, 11) is 1.65. The Hall–Kier alpha value is -1.69. The molecule has 0 aliphatic carbocycles. The van der Waals surface area contributed by atoms with Crippen molar-refractivity contribution >= 4 is 27.4 Å². The van der Waals surface area contributed by atoms with Gasteiger partial charge in [0.1, 0.15) is 30.6 Å². The van der Waals surface area contributed by atoms with Crippen LogP contribution in [0.5, 0.6) is 5.75 Å². The van der Waals surface area contributed by atoms with Crippen molar-refractivity contribution in [2.24, 2.45) is 0 Å². The van der Waals surface area contributed by atoms with E-state index in [1.165, 1.54) is 0 Å². The second-order valence-corrected chi connectivity index (χ2v) is 7.94. The van der Waals surface area contributed by atoms with Crippen LogP contribution in [0.4, 0.5) is 5.69 Å². The summed E-state index contributed by atoms with van der Waals surface area (Å²) in [5.74, 6) is 1.06. The van der Waals surface area contributed by atoms with E-state index in [-0.39, 0.29) is 11.7 Å². The smallest absolute Gasteiger partial charge is 0.217 e. The molecule has 5 rings (SSSR count). The minimum absolute atomic E-state index is 0.113. The van der Waals surface area contributed by atoms with E-state index in [0.717, 1.165) is 34.4 Å². The van der Waals surface area contributed by atoms with Gasteiger partial charge in [-0.2, -0.15) is 0 Å². The van der Waals surface area contributed by atoms with Crippen molar-refractivity contribution in [2.75, 3.05) is 26.7 Å². The Morgan fingerprint density at radius 2 is 2.04 bits per heavy atom. The number of piperidine rings is 1. The second kappa shape index (κ2) is 6.24. The van der Waals surface area contributed by atoms with Crippen molar-refractivity contribution in [2.45, 2.75) is 18.4 Å². The normalized spacial score (nSPS) is 27.0. The summed E-state index contributed by atoms with van der Waals surface area (Å²) in [6.45, 7) is 1.88. The molecule has 1 N–H and O–H groups in total. The van der Waals surface area contributed by atoms with Crippen molar-refractivity contribution in [1.82, 2.24) is 4.48 Å². The molecule has 2 aromatic carbocycles. The third kappa shape index (κ3) is 2.80. The summed E-state index contributed by atoms with van der Waals surface area (Å²) in [5, 5.41) is 10.6. The van der Waals surface area contributed by atoms with Gasteiger partial charge in [-0.15, -0.1) is 0 Å². The molecule has 3 aliphatic heterocycles. The maximum absolute atomic E-state index is 12.9. The Labute approximate surface area is 155 Å². The highest BCUT2D eigenvalue weighted by molar-refractivity contribution is 9.10. The summed E-state index contributed by atoms with van der Waals surface area (Å²) >= 11 is 3.41. The molecule has 3 unspecified atom stereocenters. The van der Waals surface area contributed by atoms with Gasteiger partial charge >= 0.3 is 0 Å². The Balaban J connectivity index is 1.71. The van der Waals surface area contributed by atoms with Gasteiger partial charge in [0.25, 0.3) is 0 Å². The summed E-state index contributed by atoms with van der Waals surface area (Å²) in [5.41, 5.74) is 3.01. The predicted molar refractivity (Wildman–Crippen MR) is 101 cm³/mol. The molecule has 25 heavy (non-hydrogen) atoms. The molecule has 0 radical (unpaired) electrons. The van der Waals surface area contributed by atoms with Crippen LogP contribution in [0.25, 0.3) is 0 Å². The van der Waals surface area contributed by atoms with Crippen LogP contribution in [-0.4, -0.2) is 43.7 Å². The van der Waals surface area contributed by atoms with Gasteiger partial charge < -0.3 is 9.84 Å². The van der Waals surface area contributed by atoms with Crippen LogP contribution in [-0.2, 0) is 0 Å². The van der Waals surface area contributed by atoms with E-state index < -0.39 is 6.10 Å². The minimum Gasteiger partial charge on any atom is -0.497 e. The summed E-state index contributed by atoms with van der Waals surface area (Å²) in [6, 6.07) is 13.5. The van der Waals surface area contributed by atoms with E-state index in [1.807, 2.05) is 36.4 Å². The number of quaternary nitrogens is 1. The van der Waals surface area contributed by atoms with E-state index in [9.17, 15) is 9.90 Å². The van der Waals surface area contributed by atoms with E-state index >= 15 is 0 Å². The number of aliphatic hydroxyl groups excluding tert-OH is 1. The van der Waals surface area contributed by atoms with Gasteiger partial charge in [-0.05, 0) is 24.3 Å². The van der Waals surface area contributed by atoms with E-state index in [0.29, 0.717) is 23.1 Å². The van der Waals surface area contributed by atoms with Crippen LogP contribution in [0.2, 0.25) is 0 Å². The molecule has 2 bridgehead atoms. The average molecular weight is 403 g/mol. The SMILES string of the molecule is COc1ccc2c(c1)C1CC[N+]2(CC(=O)c2ccc(Br)cc2)CC1O. The zero-order valence-corrected chi connectivity index (χ0v) is 15.7. The largest absolute Gasteiger partial charge is 0.497 e. The highest BCUT2D eigenvalue weighted by atomic mass is 79.9. The molecule has 4 nitrogen and oxygen atoms in total. The summed E-state index contributed by atoms with van der Waals surface area (Å²) in [4.78, 5) is 12.9. The molecule has 5 heteroatoms. The molecule has 0 saturated carbocycles. The predicted octanol–water partition coefficient (Wildman–Crippen LogP) is 3.51. The monoisotopic (exact) mass is 402 g/mol. The van der Waals surface area contributed by atoms with Gasteiger partial charge in [-0.3, -0.25) is 9.28 Å². The molecule has 1 fully saturated rings. The molecular formula is C20H21BrNO3+. The van der Waals surface area contributed by atoms with Crippen LogP contribution in [0.15, 0.2) is 46.9 Å². The van der Waals surface area contributed by atoms with Gasteiger partial charge in [-0.25, -0.2) is 0 Å². The topological polar surface area (TPSA) is 46.5 Å². The maximum Gasteiger partial charge on any atom is 0.217 e. The number of fused-ring (bicyclic) bond motifs is 2. The third-order valence-electron chi connectivity index (χ3n) is 5.63.